The van der Waals surface area contributed by atoms with Crippen molar-refractivity contribution in [3.63, 3.8) is 0 Å². The second kappa shape index (κ2) is 15.3. The second-order valence-electron chi connectivity index (χ2n) is 9.90. The summed E-state index contributed by atoms with van der Waals surface area (Å²) >= 11 is 0. The summed E-state index contributed by atoms with van der Waals surface area (Å²) in [5.41, 5.74) is 2.04. The lowest BCUT2D eigenvalue weighted by molar-refractivity contribution is -0.139. The molecule has 10 heteroatoms. The molecule has 0 aliphatic carbocycles. The van der Waals surface area contributed by atoms with E-state index in [-0.39, 0.29) is 28.8 Å². The van der Waals surface area contributed by atoms with Gasteiger partial charge in [0, 0.05) is 19.2 Å². The summed E-state index contributed by atoms with van der Waals surface area (Å²) in [5.74, 6) is -0.130. The Labute approximate surface area is 249 Å². The first-order chi connectivity index (χ1) is 20.2. The number of nitrogens with one attached hydrogen (secondary N) is 1. The van der Waals surface area contributed by atoms with Crippen LogP contribution in [0.25, 0.3) is 0 Å². The Morgan fingerprint density at radius 3 is 2.21 bits per heavy atom. The number of amides is 2. The van der Waals surface area contributed by atoms with Crippen LogP contribution in [0.15, 0.2) is 77.7 Å². The van der Waals surface area contributed by atoms with Gasteiger partial charge >= 0.3 is 0 Å². The molecule has 9 nitrogen and oxygen atoms in total. The topological polar surface area (TPSA) is 105 Å². The van der Waals surface area contributed by atoms with Gasteiger partial charge in [-0.05, 0) is 56.0 Å². The lowest BCUT2D eigenvalue weighted by Gasteiger charge is -2.33. The van der Waals surface area contributed by atoms with E-state index in [1.165, 1.54) is 37.3 Å². The number of hydrogen-bond donors (Lipinski definition) is 1. The van der Waals surface area contributed by atoms with Crippen LogP contribution >= 0.6 is 0 Å². The summed E-state index contributed by atoms with van der Waals surface area (Å²) in [5, 5.41) is 2.90. The second-order valence-corrected chi connectivity index (χ2v) is 11.8. The average Bonchev–Trinajstić information content (AvgIpc) is 3.00. The SMILES string of the molecule is CCCNC(=O)C(CC)N(CCc1ccccc1)C(=O)CN(c1cc(OC)ccc1OC)S(=O)(=O)c1ccc(C)cc1. The maximum Gasteiger partial charge on any atom is 0.264 e. The fourth-order valence-electron chi connectivity index (χ4n) is 4.60. The van der Waals surface area contributed by atoms with Crippen LogP contribution in [0.3, 0.4) is 0 Å². The third-order valence-corrected chi connectivity index (χ3v) is 8.74. The van der Waals surface area contributed by atoms with Gasteiger partial charge in [0.15, 0.2) is 0 Å². The number of anilines is 1. The lowest BCUT2D eigenvalue weighted by atomic mass is 10.1. The van der Waals surface area contributed by atoms with Gasteiger partial charge in [0.05, 0.1) is 24.8 Å². The van der Waals surface area contributed by atoms with Crippen molar-refractivity contribution in [2.45, 2.75) is 51.0 Å². The molecular formula is C32H41N3O6S. The fourth-order valence-corrected chi connectivity index (χ4v) is 6.02. The molecule has 0 aliphatic heterocycles. The molecule has 1 N–H and O–H groups in total. The van der Waals surface area contributed by atoms with Gasteiger partial charge in [-0.1, -0.05) is 61.9 Å². The van der Waals surface area contributed by atoms with Crippen molar-refractivity contribution in [1.29, 1.82) is 0 Å². The molecule has 0 radical (unpaired) electrons. The maximum absolute atomic E-state index is 14.2. The minimum absolute atomic E-state index is 0.0225. The summed E-state index contributed by atoms with van der Waals surface area (Å²) in [6, 6.07) is 20.1. The van der Waals surface area contributed by atoms with Gasteiger partial charge in [0.2, 0.25) is 11.8 Å². The first kappa shape index (κ1) is 32.5. The summed E-state index contributed by atoms with van der Waals surface area (Å²) in [4.78, 5) is 28.9. The zero-order valence-electron chi connectivity index (χ0n) is 25.0. The predicted octanol–water partition coefficient (Wildman–Crippen LogP) is 4.58. The third kappa shape index (κ3) is 8.03. The van der Waals surface area contributed by atoms with Crippen molar-refractivity contribution in [3.8, 4) is 11.5 Å². The number of aryl methyl sites for hydroxylation is 1. The Kier molecular flexibility index (Phi) is 11.8. The minimum Gasteiger partial charge on any atom is -0.497 e. The number of ether oxygens (including phenoxy) is 2. The highest BCUT2D eigenvalue weighted by atomic mass is 32.2. The first-order valence-corrected chi connectivity index (χ1v) is 15.5. The van der Waals surface area contributed by atoms with Gasteiger partial charge in [-0.25, -0.2) is 8.42 Å². The fraction of sp³-hybridized carbons (Fsp3) is 0.375. The molecule has 3 aromatic carbocycles. The van der Waals surface area contributed by atoms with Crippen molar-refractivity contribution in [3.05, 3.63) is 83.9 Å². The summed E-state index contributed by atoms with van der Waals surface area (Å²) in [6.07, 6.45) is 1.61. The molecular weight excluding hydrogens is 554 g/mol. The zero-order valence-corrected chi connectivity index (χ0v) is 25.8. The molecule has 1 atom stereocenters. The molecule has 0 saturated heterocycles. The molecule has 0 aliphatic rings. The van der Waals surface area contributed by atoms with E-state index >= 15 is 0 Å². The number of nitrogens with zero attached hydrogens (tertiary/aromatic N) is 2. The molecule has 2 amide bonds. The highest BCUT2D eigenvalue weighted by molar-refractivity contribution is 7.92. The maximum atomic E-state index is 14.2. The molecule has 0 fully saturated rings. The Hall–Kier alpha value is -4.05. The molecule has 0 aromatic heterocycles. The largest absolute Gasteiger partial charge is 0.497 e. The smallest absolute Gasteiger partial charge is 0.264 e. The van der Waals surface area contributed by atoms with Crippen molar-refractivity contribution in [1.82, 2.24) is 10.2 Å². The van der Waals surface area contributed by atoms with Gasteiger partial charge in [-0.3, -0.25) is 13.9 Å². The van der Waals surface area contributed by atoms with Crippen LogP contribution in [-0.4, -0.2) is 65.0 Å². The number of carbonyl (C=O) groups excluding carboxylic acids is 2. The van der Waals surface area contributed by atoms with Crippen molar-refractivity contribution in [2.24, 2.45) is 0 Å². The molecule has 226 valence electrons. The molecule has 0 saturated carbocycles. The van der Waals surface area contributed by atoms with E-state index < -0.39 is 28.5 Å². The van der Waals surface area contributed by atoms with E-state index in [0.29, 0.717) is 25.1 Å². The predicted molar refractivity (Wildman–Crippen MR) is 164 cm³/mol. The molecule has 3 rings (SSSR count). The number of methoxy groups -OCH3 is 2. The Morgan fingerprint density at radius 1 is 0.929 bits per heavy atom. The van der Waals surface area contributed by atoms with Crippen LogP contribution < -0.4 is 19.1 Å². The van der Waals surface area contributed by atoms with Crippen molar-refractivity contribution >= 4 is 27.5 Å². The minimum atomic E-state index is -4.24. The number of hydrogen-bond acceptors (Lipinski definition) is 6. The Morgan fingerprint density at radius 2 is 1.62 bits per heavy atom. The lowest BCUT2D eigenvalue weighted by Crippen LogP contribution is -2.53. The van der Waals surface area contributed by atoms with Gasteiger partial charge < -0.3 is 19.7 Å². The molecule has 0 heterocycles. The summed E-state index contributed by atoms with van der Waals surface area (Å²) in [7, 11) is -1.34. The van der Waals surface area contributed by atoms with Crippen LogP contribution in [0.4, 0.5) is 5.69 Å². The highest BCUT2D eigenvalue weighted by Crippen LogP contribution is 2.36. The molecule has 3 aromatic rings. The van der Waals surface area contributed by atoms with Gasteiger partial charge in [-0.15, -0.1) is 0 Å². The van der Waals surface area contributed by atoms with Crippen LogP contribution in [0.5, 0.6) is 11.5 Å². The number of carbonyl (C=O) groups is 2. The van der Waals surface area contributed by atoms with Gasteiger partial charge in [-0.2, -0.15) is 0 Å². The third-order valence-electron chi connectivity index (χ3n) is 6.96. The van der Waals surface area contributed by atoms with Crippen LogP contribution in [0.2, 0.25) is 0 Å². The van der Waals surface area contributed by atoms with E-state index in [1.54, 1.807) is 24.3 Å². The normalized spacial score (nSPS) is 11.8. The average molecular weight is 596 g/mol. The molecule has 0 spiro atoms. The Bertz CT molecular complexity index is 1430. The van der Waals surface area contributed by atoms with Crippen LogP contribution in [0.1, 0.15) is 37.8 Å². The van der Waals surface area contributed by atoms with E-state index in [0.717, 1.165) is 21.9 Å². The first-order valence-electron chi connectivity index (χ1n) is 14.1. The quantitative estimate of drug-likeness (QED) is 0.276. The van der Waals surface area contributed by atoms with E-state index in [4.69, 9.17) is 9.47 Å². The number of benzene rings is 3. The van der Waals surface area contributed by atoms with E-state index in [1.807, 2.05) is 51.1 Å². The van der Waals surface area contributed by atoms with Crippen molar-refractivity contribution < 1.29 is 27.5 Å². The summed E-state index contributed by atoms with van der Waals surface area (Å²) in [6.45, 7) is 5.81. The number of rotatable bonds is 15. The molecule has 1 unspecified atom stereocenters. The van der Waals surface area contributed by atoms with Crippen LogP contribution in [-0.2, 0) is 26.0 Å². The highest BCUT2D eigenvalue weighted by Gasteiger charge is 2.34. The van der Waals surface area contributed by atoms with E-state index in [2.05, 4.69) is 5.32 Å². The Balaban J connectivity index is 2.09. The summed E-state index contributed by atoms with van der Waals surface area (Å²) < 4.78 is 40.2. The van der Waals surface area contributed by atoms with Gasteiger partial charge in [0.1, 0.15) is 24.1 Å². The molecule has 42 heavy (non-hydrogen) atoms. The van der Waals surface area contributed by atoms with Crippen molar-refractivity contribution in [2.75, 3.05) is 38.2 Å². The van der Waals surface area contributed by atoms with Crippen LogP contribution in [0, 0.1) is 6.92 Å². The zero-order chi connectivity index (χ0) is 30.7. The standard InChI is InChI=1S/C32H41N3O6S/c1-6-20-33-32(37)28(7-2)34(21-19-25-11-9-8-10-12-25)31(36)23-35(29-22-26(40-4)15-18-30(29)41-5)42(38,39)27-16-13-24(3)14-17-27/h8-18,22,28H,6-7,19-21,23H2,1-5H3,(H,33,37). The van der Waals surface area contributed by atoms with Gasteiger partial charge in [0.25, 0.3) is 10.0 Å². The van der Waals surface area contributed by atoms with E-state index in [9.17, 15) is 18.0 Å². The monoisotopic (exact) mass is 595 g/mol. The number of sulfonamides is 1. The molecule has 0 bridgehead atoms.